The van der Waals surface area contributed by atoms with E-state index in [1.165, 1.54) is 7.11 Å². The number of methoxy groups -OCH3 is 1. The Balaban J connectivity index is 2.84. The van der Waals surface area contributed by atoms with E-state index in [1.807, 2.05) is 0 Å². The van der Waals surface area contributed by atoms with Gasteiger partial charge in [0.25, 0.3) is 0 Å². The minimum absolute atomic E-state index is 0.290. The molecule has 0 saturated carbocycles. The molecule has 0 aromatic heterocycles. The molecule has 0 spiro atoms. The van der Waals surface area contributed by atoms with Crippen LogP contribution in [0.15, 0.2) is 29.2 Å². The van der Waals surface area contributed by atoms with E-state index in [1.54, 1.807) is 38.1 Å². The Kier molecular flexibility index (Phi) is 5.15. The van der Waals surface area contributed by atoms with Crippen LogP contribution in [0.1, 0.15) is 13.8 Å². The highest BCUT2D eigenvalue weighted by atomic mass is 32.2. The van der Waals surface area contributed by atoms with Gasteiger partial charge < -0.3 is 9.47 Å². The number of hydrogen-bond acceptors (Lipinski definition) is 4. The highest BCUT2D eigenvalue weighted by Gasteiger charge is 2.22. The van der Waals surface area contributed by atoms with E-state index in [0.29, 0.717) is 17.3 Å². The zero-order valence-corrected chi connectivity index (χ0v) is 11.0. The fourth-order valence-electron chi connectivity index (χ4n) is 1.28. The number of rotatable bonds is 5. The summed E-state index contributed by atoms with van der Waals surface area (Å²) in [4.78, 5) is 12.0. The van der Waals surface area contributed by atoms with Gasteiger partial charge in [-0.15, -0.1) is 0 Å². The SMILES string of the molecule is CCOC(=O)C(C)S(=O)c1cccc(OC)c1. The van der Waals surface area contributed by atoms with Crippen LogP contribution < -0.4 is 4.74 Å². The molecule has 0 saturated heterocycles. The van der Waals surface area contributed by atoms with Crippen LogP contribution >= 0.6 is 0 Å². The van der Waals surface area contributed by atoms with Crippen molar-refractivity contribution >= 4 is 16.8 Å². The molecule has 1 rings (SSSR count). The Bertz CT molecular complexity index is 417. The molecule has 0 amide bonds. The summed E-state index contributed by atoms with van der Waals surface area (Å²) in [5.74, 6) is 0.167. The van der Waals surface area contributed by atoms with Crippen molar-refractivity contribution in [1.29, 1.82) is 0 Å². The van der Waals surface area contributed by atoms with Crippen LogP contribution in [0.2, 0.25) is 0 Å². The average Bonchev–Trinajstić information content (AvgIpc) is 2.37. The Hall–Kier alpha value is -1.36. The quantitative estimate of drug-likeness (QED) is 0.753. The fourth-order valence-corrected chi connectivity index (χ4v) is 2.37. The van der Waals surface area contributed by atoms with Gasteiger partial charge in [-0.3, -0.25) is 9.00 Å². The minimum Gasteiger partial charge on any atom is -0.497 e. The molecule has 17 heavy (non-hydrogen) atoms. The van der Waals surface area contributed by atoms with Crippen LogP contribution in [0, 0.1) is 0 Å². The van der Waals surface area contributed by atoms with Gasteiger partial charge in [0, 0.05) is 4.90 Å². The summed E-state index contributed by atoms with van der Waals surface area (Å²) < 4.78 is 22.0. The van der Waals surface area contributed by atoms with Crippen LogP contribution in [0.25, 0.3) is 0 Å². The second-order valence-corrected chi connectivity index (χ2v) is 5.14. The number of carbonyl (C=O) groups is 1. The molecule has 2 unspecified atom stereocenters. The summed E-state index contributed by atoms with van der Waals surface area (Å²) >= 11 is 0. The van der Waals surface area contributed by atoms with Crippen LogP contribution in [0.4, 0.5) is 0 Å². The first kappa shape index (κ1) is 13.7. The van der Waals surface area contributed by atoms with E-state index >= 15 is 0 Å². The van der Waals surface area contributed by atoms with Gasteiger partial charge in [-0.05, 0) is 32.0 Å². The molecule has 0 aliphatic rings. The second kappa shape index (κ2) is 6.39. The van der Waals surface area contributed by atoms with Crippen molar-refractivity contribution in [2.75, 3.05) is 13.7 Å². The molecule has 0 N–H and O–H groups in total. The molecule has 0 bridgehead atoms. The van der Waals surface area contributed by atoms with E-state index in [9.17, 15) is 9.00 Å². The van der Waals surface area contributed by atoms with E-state index < -0.39 is 22.0 Å². The summed E-state index contributed by atoms with van der Waals surface area (Å²) in [5, 5.41) is -0.679. The van der Waals surface area contributed by atoms with Crippen molar-refractivity contribution in [3.05, 3.63) is 24.3 Å². The summed E-state index contributed by atoms with van der Waals surface area (Å²) in [6, 6.07) is 6.86. The van der Waals surface area contributed by atoms with Crippen molar-refractivity contribution in [2.24, 2.45) is 0 Å². The standard InChI is InChI=1S/C12H16O4S/c1-4-16-12(13)9(2)17(14)11-7-5-6-10(8-11)15-3/h5-9H,4H2,1-3H3. The molecule has 5 heteroatoms. The highest BCUT2D eigenvalue weighted by Crippen LogP contribution is 2.18. The van der Waals surface area contributed by atoms with Crippen molar-refractivity contribution in [3.63, 3.8) is 0 Å². The fraction of sp³-hybridized carbons (Fsp3) is 0.417. The number of esters is 1. The van der Waals surface area contributed by atoms with Gasteiger partial charge in [-0.1, -0.05) is 6.07 Å². The van der Waals surface area contributed by atoms with Crippen molar-refractivity contribution < 1.29 is 18.5 Å². The van der Waals surface area contributed by atoms with Gasteiger partial charge in [0.15, 0.2) is 0 Å². The first-order valence-corrected chi connectivity index (χ1v) is 6.52. The smallest absolute Gasteiger partial charge is 0.321 e. The van der Waals surface area contributed by atoms with Crippen molar-refractivity contribution in [1.82, 2.24) is 0 Å². The van der Waals surface area contributed by atoms with Crippen LogP contribution in [-0.2, 0) is 20.3 Å². The Labute approximate surface area is 103 Å². The summed E-state index contributed by atoms with van der Waals surface area (Å²) in [5.41, 5.74) is 0. The lowest BCUT2D eigenvalue weighted by atomic mass is 10.3. The van der Waals surface area contributed by atoms with Crippen LogP contribution in [-0.4, -0.2) is 29.1 Å². The summed E-state index contributed by atoms with van der Waals surface area (Å²) in [6.45, 7) is 3.60. The van der Waals surface area contributed by atoms with E-state index in [0.717, 1.165) is 0 Å². The van der Waals surface area contributed by atoms with Crippen LogP contribution in [0.5, 0.6) is 5.75 Å². The zero-order chi connectivity index (χ0) is 12.8. The molecule has 4 nitrogen and oxygen atoms in total. The third-order valence-electron chi connectivity index (χ3n) is 2.21. The third kappa shape index (κ3) is 3.56. The van der Waals surface area contributed by atoms with Gasteiger partial charge in [-0.2, -0.15) is 0 Å². The Morgan fingerprint density at radius 2 is 2.18 bits per heavy atom. The molecular weight excluding hydrogens is 240 g/mol. The number of hydrogen-bond donors (Lipinski definition) is 0. The van der Waals surface area contributed by atoms with E-state index in [2.05, 4.69) is 0 Å². The monoisotopic (exact) mass is 256 g/mol. The maximum atomic E-state index is 12.1. The van der Waals surface area contributed by atoms with Gasteiger partial charge in [0.2, 0.25) is 0 Å². The molecule has 0 aliphatic heterocycles. The molecule has 0 aliphatic carbocycles. The lowest BCUT2D eigenvalue weighted by Gasteiger charge is -2.11. The minimum atomic E-state index is -1.43. The Morgan fingerprint density at radius 1 is 1.47 bits per heavy atom. The van der Waals surface area contributed by atoms with Gasteiger partial charge in [0.05, 0.1) is 24.5 Å². The molecule has 0 heterocycles. The highest BCUT2D eigenvalue weighted by molar-refractivity contribution is 7.86. The van der Waals surface area contributed by atoms with E-state index in [4.69, 9.17) is 9.47 Å². The number of ether oxygens (including phenoxy) is 2. The van der Waals surface area contributed by atoms with Gasteiger partial charge in [-0.25, -0.2) is 0 Å². The molecule has 2 atom stereocenters. The maximum Gasteiger partial charge on any atom is 0.321 e. The lowest BCUT2D eigenvalue weighted by Crippen LogP contribution is -2.25. The van der Waals surface area contributed by atoms with E-state index in [-0.39, 0.29) is 0 Å². The molecule has 94 valence electrons. The molecule has 1 aromatic rings. The first-order valence-electron chi connectivity index (χ1n) is 5.31. The van der Waals surface area contributed by atoms with Crippen LogP contribution in [0.3, 0.4) is 0 Å². The van der Waals surface area contributed by atoms with Crippen molar-refractivity contribution in [3.8, 4) is 5.75 Å². The molecule has 0 radical (unpaired) electrons. The van der Waals surface area contributed by atoms with Gasteiger partial charge in [0.1, 0.15) is 11.0 Å². The lowest BCUT2D eigenvalue weighted by molar-refractivity contribution is -0.142. The predicted molar refractivity (Wildman–Crippen MR) is 65.5 cm³/mol. The van der Waals surface area contributed by atoms with Gasteiger partial charge >= 0.3 is 5.97 Å². The molecule has 1 aromatic carbocycles. The number of benzene rings is 1. The molecular formula is C12H16O4S. The normalized spacial score (nSPS) is 13.8. The van der Waals surface area contributed by atoms with Crippen molar-refractivity contribution in [2.45, 2.75) is 24.0 Å². The summed E-state index contributed by atoms with van der Waals surface area (Å²) in [7, 11) is 0.112. The predicted octanol–water partition coefficient (Wildman–Crippen LogP) is 1.75. The third-order valence-corrected chi connectivity index (χ3v) is 3.77. The Morgan fingerprint density at radius 3 is 2.76 bits per heavy atom. The topological polar surface area (TPSA) is 52.6 Å². The second-order valence-electron chi connectivity index (χ2n) is 3.37. The summed E-state index contributed by atoms with van der Waals surface area (Å²) in [6.07, 6.45) is 0. The average molecular weight is 256 g/mol. The largest absolute Gasteiger partial charge is 0.497 e. The first-order chi connectivity index (χ1) is 8.10. The molecule has 0 fully saturated rings. The number of carbonyl (C=O) groups excluding carboxylic acids is 1. The maximum absolute atomic E-state index is 12.1. The zero-order valence-electron chi connectivity index (χ0n) is 10.1.